The first-order valence-electron chi connectivity index (χ1n) is 5.72. The third-order valence-electron chi connectivity index (χ3n) is 3.16. The molecule has 0 bridgehead atoms. The quantitative estimate of drug-likeness (QED) is 0.748. The van der Waals surface area contributed by atoms with Crippen LogP contribution in [0, 0.1) is 0 Å². The molecule has 0 aromatic heterocycles. The molecule has 0 heterocycles. The van der Waals surface area contributed by atoms with Crippen LogP contribution in [0.3, 0.4) is 0 Å². The van der Waals surface area contributed by atoms with Crippen LogP contribution in [0.2, 0.25) is 0 Å². The smallest absolute Gasteiger partial charge is 0.0362 e. The Labute approximate surface area is 92.1 Å². The van der Waals surface area contributed by atoms with Crippen LogP contribution in [0.5, 0.6) is 0 Å². The van der Waals surface area contributed by atoms with Gasteiger partial charge < -0.3 is 10.6 Å². The Morgan fingerprint density at radius 2 is 1.93 bits per heavy atom. The summed E-state index contributed by atoms with van der Waals surface area (Å²) in [4.78, 5) is 2.20. The highest BCUT2D eigenvalue weighted by molar-refractivity contribution is 5.54. The molecule has 1 aliphatic rings. The fourth-order valence-corrected chi connectivity index (χ4v) is 2.43. The molecule has 0 fully saturated rings. The maximum Gasteiger partial charge on any atom is 0.0362 e. The molecule has 0 radical (unpaired) electrons. The number of hydrogen-bond acceptors (Lipinski definition) is 2. The number of aryl methyl sites for hydroxylation is 1. The van der Waals surface area contributed by atoms with Crippen LogP contribution < -0.4 is 5.73 Å². The van der Waals surface area contributed by atoms with E-state index in [1.54, 1.807) is 0 Å². The van der Waals surface area contributed by atoms with E-state index in [4.69, 9.17) is 5.73 Å². The van der Waals surface area contributed by atoms with Gasteiger partial charge in [-0.25, -0.2) is 0 Å². The van der Waals surface area contributed by atoms with Crippen LogP contribution in [0.15, 0.2) is 12.1 Å². The number of anilines is 1. The summed E-state index contributed by atoms with van der Waals surface area (Å²) in [6.45, 7) is 0.967. The summed E-state index contributed by atoms with van der Waals surface area (Å²) in [5.41, 5.74) is 11.4. The standard InChI is InChI=1S/C13H20N2/c1-15(2)9-12-11-6-4-3-5-10(11)7-8-13(12)14/h7-8H,3-6,9,14H2,1-2H3. The number of rotatable bonds is 2. The summed E-state index contributed by atoms with van der Waals surface area (Å²) >= 11 is 0. The van der Waals surface area contributed by atoms with Gasteiger partial charge in [-0.3, -0.25) is 0 Å². The molecular formula is C13H20N2. The van der Waals surface area contributed by atoms with Crippen molar-refractivity contribution in [3.63, 3.8) is 0 Å². The third kappa shape index (κ3) is 2.15. The molecule has 0 atom stereocenters. The SMILES string of the molecule is CN(C)Cc1c(N)ccc2c1CCCC2. The molecular weight excluding hydrogens is 184 g/mol. The van der Waals surface area contributed by atoms with Gasteiger partial charge in [0.1, 0.15) is 0 Å². The summed E-state index contributed by atoms with van der Waals surface area (Å²) in [7, 11) is 4.20. The van der Waals surface area contributed by atoms with Crippen LogP contribution >= 0.6 is 0 Å². The lowest BCUT2D eigenvalue weighted by Gasteiger charge is -2.22. The lowest BCUT2D eigenvalue weighted by Crippen LogP contribution is -2.16. The molecule has 1 aromatic carbocycles. The van der Waals surface area contributed by atoms with Crippen LogP contribution in [0.25, 0.3) is 0 Å². The molecule has 0 amide bonds. The predicted molar refractivity (Wildman–Crippen MR) is 64.9 cm³/mol. The zero-order valence-corrected chi connectivity index (χ0v) is 9.71. The lowest BCUT2D eigenvalue weighted by atomic mass is 9.87. The van der Waals surface area contributed by atoms with Crippen molar-refractivity contribution in [3.8, 4) is 0 Å². The van der Waals surface area contributed by atoms with Crippen LogP contribution in [0.4, 0.5) is 5.69 Å². The van der Waals surface area contributed by atoms with E-state index in [1.165, 1.54) is 42.4 Å². The van der Waals surface area contributed by atoms with E-state index in [9.17, 15) is 0 Å². The number of nitrogen functional groups attached to an aromatic ring is 1. The van der Waals surface area contributed by atoms with Crippen molar-refractivity contribution in [3.05, 3.63) is 28.8 Å². The Kier molecular flexibility index (Phi) is 2.96. The van der Waals surface area contributed by atoms with Crippen molar-refractivity contribution < 1.29 is 0 Å². The highest BCUT2D eigenvalue weighted by Gasteiger charge is 2.15. The number of hydrogen-bond donors (Lipinski definition) is 1. The van der Waals surface area contributed by atoms with Crippen LogP contribution in [-0.4, -0.2) is 19.0 Å². The number of fused-ring (bicyclic) bond motifs is 1. The van der Waals surface area contributed by atoms with E-state index in [-0.39, 0.29) is 0 Å². The van der Waals surface area contributed by atoms with Crippen LogP contribution in [-0.2, 0) is 19.4 Å². The van der Waals surface area contributed by atoms with Gasteiger partial charge in [-0.05, 0) is 62.5 Å². The van der Waals surface area contributed by atoms with Gasteiger partial charge in [0, 0.05) is 12.2 Å². The van der Waals surface area contributed by atoms with E-state index < -0.39 is 0 Å². The maximum atomic E-state index is 6.07. The Hall–Kier alpha value is -1.02. The lowest BCUT2D eigenvalue weighted by molar-refractivity contribution is 0.400. The van der Waals surface area contributed by atoms with Gasteiger partial charge in [-0.15, -0.1) is 0 Å². The van der Waals surface area contributed by atoms with Crippen molar-refractivity contribution in [2.24, 2.45) is 0 Å². The minimum atomic E-state index is 0.962. The number of nitrogens with zero attached hydrogens (tertiary/aromatic N) is 1. The summed E-state index contributed by atoms with van der Waals surface area (Å²) in [5.74, 6) is 0. The molecule has 2 N–H and O–H groups in total. The average Bonchev–Trinajstić information content (AvgIpc) is 2.22. The second-order valence-electron chi connectivity index (χ2n) is 4.72. The Balaban J connectivity index is 2.41. The zero-order valence-electron chi connectivity index (χ0n) is 9.71. The Morgan fingerprint density at radius 1 is 1.20 bits per heavy atom. The minimum absolute atomic E-state index is 0.962. The molecule has 1 aliphatic carbocycles. The van der Waals surface area contributed by atoms with Gasteiger partial charge in [0.25, 0.3) is 0 Å². The minimum Gasteiger partial charge on any atom is -0.398 e. The molecule has 2 nitrogen and oxygen atoms in total. The molecule has 1 aromatic rings. The Bertz CT molecular complexity index is 356. The van der Waals surface area contributed by atoms with Crippen molar-refractivity contribution >= 4 is 5.69 Å². The average molecular weight is 204 g/mol. The van der Waals surface area contributed by atoms with Crippen molar-refractivity contribution in [2.75, 3.05) is 19.8 Å². The first kappa shape index (κ1) is 10.5. The second-order valence-corrected chi connectivity index (χ2v) is 4.72. The first-order valence-corrected chi connectivity index (χ1v) is 5.72. The van der Waals surface area contributed by atoms with Gasteiger partial charge in [-0.2, -0.15) is 0 Å². The summed E-state index contributed by atoms with van der Waals surface area (Å²) in [6, 6.07) is 4.28. The van der Waals surface area contributed by atoms with Crippen molar-refractivity contribution in [2.45, 2.75) is 32.2 Å². The largest absolute Gasteiger partial charge is 0.398 e. The molecule has 82 valence electrons. The molecule has 0 spiro atoms. The summed E-state index contributed by atoms with van der Waals surface area (Å²) in [5, 5.41) is 0. The van der Waals surface area contributed by atoms with Crippen molar-refractivity contribution in [1.82, 2.24) is 4.90 Å². The summed E-state index contributed by atoms with van der Waals surface area (Å²) < 4.78 is 0. The van der Waals surface area contributed by atoms with Gasteiger partial charge in [0.05, 0.1) is 0 Å². The molecule has 0 unspecified atom stereocenters. The van der Waals surface area contributed by atoms with E-state index in [1.807, 2.05) is 0 Å². The predicted octanol–water partition coefficient (Wildman–Crippen LogP) is 2.21. The normalized spacial score (nSPS) is 15.4. The van der Waals surface area contributed by atoms with Gasteiger partial charge in [0.15, 0.2) is 0 Å². The molecule has 2 rings (SSSR count). The van der Waals surface area contributed by atoms with Gasteiger partial charge >= 0.3 is 0 Å². The van der Waals surface area contributed by atoms with E-state index in [0.29, 0.717) is 0 Å². The van der Waals surface area contributed by atoms with E-state index in [2.05, 4.69) is 31.1 Å². The highest BCUT2D eigenvalue weighted by Crippen LogP contribution is 2.28. The van der Waals surface area contributed by atoms with Gasteiger partial charge in [0.2, 0.25) is 0 Å². The molecule has 0 aliphatic heterocycles. The molecule has 15 heavy (non-hydrogen) atoms. The fraction of sp³-hybridized carbons (Fsp3) is 0.538. The number of nitrogens with two attached hydrogens (primary N) is 1. The van der Waals surface area contributed by atoms with E-state index in [0.717, 1.165) is 12.2 Å². The second kappa shape index (κ2) is 4.23. The fourth-order valence-electron chi connectivity index (χ4n) is 2.43. The molecule has 0 saturated carbocycles. The summed E-state index contributed by atoms with van der Waals surface area (Å²) in [6.07, 6.45) is 5.09. The topological polar surface area (TPSA) is 29.3 Å². The first-order chi connectivity index (χ1) is 7.18. The Morgan fingerprint density at radius 3 is 2.67 bits per heavy atom. The maximum absolute atomic E-state index is 6.07. The monoisotopic (exact) mass is 204 g/mol. The highest BCUT2D eigenvalue weighted by atomic mass is 15.0. The molecule has 2 heteroatoms. The number of benzene rings is 1. The zero-order chi connectivity index (χ0) is 10.8. The van der Waals surface area contributed by atoms with Crippen LogP contribution in [0.1, 0.15) is 29.5 Å². The third-order valence-corrected chi connectivity index (χ3v) is 3.16. The van der Waals surface area contributed by atoms with Crippen molar-refractivity contribution in [1.29, 1.82) is 0 Å². The molecule has 0 saturated heterocycles. The van der Waals surface area contributed by atoms with E-state index >= 15 is 0 Å². The van der Waals surface area contributed by atoms with Gasteiger partial charge in [-0.1, -0.05) is 6.07 Å².